The summed E-state index contributed by atoms with van der Waals surface area (Å²) in [5, 5.41) is 12.0. The number of fused-ring (bicyclic) bond motifs is 1. The van der Waals surface area contributed by atoms with Crippen molar-refractivity contribution in [2.24, 2.45) is 5.92 Å². The number of aromatic nitrogens is 7. The van der Waals surface area contributed by atoms with Gasteiger partial charge in [0.2, 0.25) is 17.7 Å². The predicted octanol–water partition coefficient (Wildman–Crippen LogP) is 3.36. The molecule has 10 nitrogen and oxygen atoms in total. The van der Waals surface area contributed by atoms with Crippen LogP contribution in [-0.2, 0) is 0 Å². The third kappa shape index (κ3) is 3.62. The average molecular weight is 428 g/mol. The minimum Gasteiger partial charge on any atom is -0.344 e. The van der Waals surface area contributed by atoms with Gasteiger partial charge in [0, 0.05) is 18.0 Å². The zero-order valence-corrected chi connectivity index (χ0v) is 17.4. The number of rotatable bonds is 6. The molecule has 1 atom stereocenters. The Balaban J connectivity index is 1.51. The Bertz CT molecular complexity index is 1410. The van der Waals surface area contributed by atoms with Crippen LogP contribution in [-0.4, -0.2) is 34.9 Å². The molecule has 0 fully saturated rings. The van der Waals surface area contributed by atoms with Crippen LogP contribution in [0, 0.1) is 5.92 Å². The molecule has 0 aliphatic carbocycles. The van der Waals surface area contributed by atoms with E-state index in [1.807, 2.05) is 56.3 Å². The zero-order chi connectivity index (χ0) is 22.1. The zero-order valence-electron chi connectivity index (χ0n) is 17.4. The molecule has 0 aliphatic rings. The third-order valence-corrected chi connectivity index (χ3v) is 5.03. The van der Waals surface area contributed by atoms with Crippen molar-refractivity contribution in [2.75, 3.05) is 5.32 Å². The molecular weight excluding hydrogens is 408 g/mol. The van der Waals surface area contributed by atoms with Gasteiger partial charge >= 0.3 is 0 Å². The van der Waals surface area contributed by atoms with Gasteiger partial charge in [-0.25, -0.2) is 4.68 Å². The molecule has 32 heavy (non-hydrogen) atoms. The number of nitrogens with one attached hydrogen (secondary N) is 2. The average Bonchev–Trinajstić information content (AvgIpc) is 3.46. The largest absolute Gasteiger partial charge is 0.344 e. The molecule has 0 aliphatic heterocycles. The van der Waals surface area contributed by atoms with E-state index in [-0.39, 0.29) is 17.5 Å². The van der Waals surface area contributed by atoms with Gasteiger partial charge in [0.25, 0.3) is 5.56 Å². The molecule has 2 N–H and O–H groups in total. The van der Waals surface area contributed by atoms with E-state index < -0.39 is 0 Å². The molecule has 0 spiro atoms. The van der Waals surface area contributed by atoms with Gasteiger partial charge < -0.3 is 9.84 Å². The van der Waals surface area contributed by atoms with Crippen molar-refractivity contribution in [3.8, 4) is 17.1 Å². The SMILES string of the molecule is CC(C)C(Nc1nc2c(cnn2-c2ccccc2)c(=O)[nH]1)c1nc(-c2cccnc2)no1. The third-order valence-electron chi connectivity index (χ3n) is 5.03. The van der Waals surface area contributed by atoms with Crippen molar-refractivity contribution in [2.45, 2.75) is 19.9 Å². The van der Waals surface area contributed by atoms with Gasteiger partial charge in [-0.15, -0.1) is 0 Å². The highest BCUT2D eigenvalue weighted by atomic mass is 16.5. The number of anilines is 1. The Kier molecular flexibility index (Phi) is 4.94. The highest BCUT2D eigenvalue weighted by Crippen LogP contribution is 2.26. The summed E-state index contributed by atoms with van der Waals surface area (Å²) in [6.07, 6.45) is 4.86. The van der Waals surface area contributed by atoms with Crippen molar-refractivity contribution < 1.29 is 4.52 Å². The van der Waals surface area contributed by atoms with Gasteiger partial charge in [-0.2, -0.15) is 15.1 Å². The summed E-state index contributed by atoms with van der Waals surface area (Å²) in [4.78, 5) is 28.7. The van der Waals surface area contributed by atoms with Crippen LogP contribution < -0.4 is 10.9 Å². The second-order valence-electron chi connectivity index (χ2n) is 7.61. The van der Waals surface area contributed by atoms with E-state index in [9.17, 15) is 4.79 Å². The monoisotopic (exact) mass is 428 g/mol. The quantitative estimate of drug-likeness (QED) is 0.421. The van der Waals surface area contributed by atoms with Gasteiger partial charge in [0.15, 0.2) is 5.65 Å². The first-order valence-corrected chi connectivity index (χ1v) is 10.1. The van der Waals surface area contributed by atoms with Crippen LogP contribution in [0.15, 0.2) is 70.4 Å². The van der Waals surface area contributed by atoms with Crippen LogP contribution >= 0.6 is 0 Å². The van der Waals surface area contributed by atoms with E-state index in [1.165, 1.54) is 6.20 Å². The van der Waals surface area contributed by atoms with Gasteiger partial charge in [-0.3, -0.25) is 14.8 Å². The molecule has 160 valence electrons. The lowest BCUT2D eigenvalue weighted by Gasteiger charge is -2.18. The smallest absolute Gasteiger partial charge is 0.263 e. The van der Waals surface area contributed by atoms with E-state index in [0.717, 1.165) is 11.3 Å². The van der Waals surface area contributed by atoms with Gasteiger partial charge in [0.05, 0.1) is 11.9 Å². The van der Waals surface area contributed by atoms with Crippen LogP contribution in [0.5, 0.6) is 0 Å². The fourth-order valence-corrected chi connectivity index (χ4v) is 3.38. The highest BCUT2D eigenvalue weighted by molar-refractivity contribution is 5.76. The minimum absolute atomic E-state index is 0.0669. The molecule has 10 heteroatoms. The summed E-state index contributed by atoms with van der Waals surface area (Å²) < 4.78 is 7.15. The second-order valence-corrected chi connectivity index (χ2v) is 7.61. The first-order valence-electron chi connectivity index (χ1n) is 10.1. The van der Waals surface area contributed by atoms with Gasteiger partial charge in [-0.05, 0) is 30.2 Å². The number of H-pyrrole nitrogens is 1. The molecule has 4 aromatic heterocycles. The minimum atomic E-state index is -0.374. The molecular formula is C22H20N8O2. The van der Waals surface area contributed by atoms with Crippen LogP contribution in [0.2, 0.25) is 0 Å². The summed E-state index contributed by atoms with van der Waals surface area (Å²) in [7, 11) is 0. The number of aromatic amines is 1. The fraction of sp³-hybridized carbons (Fsp3) is 0.182. The Morgan fingerprint density at radius 2 is 1.91 bits per heavy atom. The Labute approximate surface area is 182 Å². The number of pyridine rings is 1. The maximum absolute atomic E-state index is 12.7. The van der Waals surface area contributed by atoms with E-state index in [0.29, 0.717) is 28.7 Å². The molecule has 0 bridgehead atoms. The van der Waals surface area contributed by atoms with E-state index >= 15 is 0 Å². The summed E-state index contributed by atoms with van der Waals surface area (Å²) in [6.45, 7) is 4.02. The summed E-state index contributed by atoms with van der Waals surface area (Å²) in [5.41, 5.74) is 1.73. The second kappa shape index (κ2) is 8.06. The summed E-state index contributed by atoms with van der Waals surface area (Å²) in [6, 6.07) is 12.8. The van der Waals surface area contributed by atoms with Crippen molar-refractivity contribution in [3.63, 3.8) is 0 Å². The molecule has 0 saturated carbocycles. The van der Waals surface area contributed by atoms with E-state index in [4.69, 9.17) is 4.52 Å². The molecule has 0 amide bonds. The number of nitrogens with zero attached hydrogens (tertiary/aromatic N) is 6. The van der Waals surface area contributed by atoms with Crippen molar-refractivity contribution in [1.29, 1.82) is 0 Å². The maximum atomic E-state index is 12.7. The molecule has 0 radical (unpaired) electrons. The molecule has 5 aromatic rings. The Hall–Kier alpha value is -4.34. The first kappa shape index (κ1) is 19.6. The van der Waals surface area contributed by atoms with Gasteiger partial charge in [0.1, 0.15) is 11.4 Å². The van der Waals surface area contributed by atoms with Crippen LogP contribution in [0.25, 0.3) is 28.1 Å². The lowest BCUT2D eigenvalue weighted by atomic mass is 10.0. The van der Waals surface area contributed by atoms with Crippen molar-refractivity contribution in [1.82, 2.24) is 34.9 Å². The lowest BCUT2D eigenvalue weighted by molar-refractivity contribution is 0.335. The van der Waals surface area contributed by atoms with Crippen LogP contribution in [0.1, 0.15) is 25.8 Å². The number of para-hydroxylation sites is 1. The number of hydrogen-bond acceptors (Lipinski definition) is 8. The summed E-state index contributed by atoms with van der Waals surface area (Å²) >= 11 is 0. The number of benzene rings is 1. The standard InChI is InChI=1S/C22H20N8O2/c1-13(2)17(21-26-18(29-32-21)14-7-6-10-23-11-14)25-22-27-19-16(20(31)28-22)12-24-30(19)15-8-4-3-5-9-15/h3-13,17H,1-2H3,(H2,25,27,28,31). The van der Waals surface area contributed by atoms with Crippen molar-refractivity contribution >= 4 is 17.0 Å². The van der Waals surface area contributed by atoms with Crippen molar-refractivity contribution in [3.05, 3.63) is 77.3 Å². The Morgan fingerprint density at radius 3 is 2.66 bits per heavy atom. The van der Waals surface area contributed by atoms with Crippen LogP contribution in [0.3, 0.4) is 0 Å². The lowest BCUT2D eigenvalue weighted by Crippen LogP contribution is -2.21. The van der Waals surface area contributed by atoms with Crippen LogP contribution in [0.4, 0.5) is 5.95 Å². The van der Waals surface area contributed by atoms with Gasteiger partial charge in [-0.1, -0.05) is 37.2 Å². The van der Waals surface area contributed by atoms with E-state index in [2.05, 4.69) is 35.5 Å². The molecule has 4 heterocycles. The van der Waals surface area contributed by atoms with E-state index in [1.54, 1.807) is 17.1 Å². The Morgan fingerprint density at radius 1 is 1.06 bits per heavy atom. The maximum Gasteiger partial charge on any atom is 0.263 e. The molecule has 1 aromatic carbocycles. The fourth-order valence-electron chi connectivity index (χ4n) is 3.38. The predicted molar refractivity (Wildman–Crippen MR) is 118 cm³/mol. The highest BCUT2D eigenvalue weighted by Gasteiger charge is 2.24. The molecule has 5 rings (SSSR count). The molecule has 1 unspecified atom stereocenters. The first-order chi connectivity index (χ1) is 15.6. The topological polar surface area (TPSA) is 127 Å². The number of hydrogen-bond donors (Lipinski definition) is 2. The molecule has 0 saturated heterocycles. The normalized spacial score (nSPS) is 12.3. The summed E-state index contributed by atoms with van der Waals surface area (Å²) in [5.74, 6) is 1.19.